The Balaban J connectivity index is 2.38. The number of carbonyl (C=O) groups is 1. The number of thiocarbonyl (C=S) groups is 1. The molecule has 14 heavy (non-hydrogen) atoms. The van der Waals surface area contributed by atoms with Crippen molar-refractivity contribution < 1.29 is 9.53 Å². The fourth-order valence-electron chi connectivity index (χ4n) is 1.58. The number of nitrogens with zero attached hydrogens (tertiary/aromatic N) is 1. The number of esters is 1. The molecule has 5 nitrogen and oxygen atoms in total. The maximum atomic E-state index is 11.2. The second-order valence-electron chi connectivity index (χ2n) is 3.23. The van der Waals surface area contributed by atoms with E-state index < -0.39 is 0 Å². The Morgan fingerprint density at radius 3 is 2.57 bits per heavy atom. The molecule has 0 aromatic carbocycles. The third-order valence-corrected chi connectivity index (χ3v) is 2.82. The van der Waals surface area contributed by atoms with Gasteiger partial charge in [-0.15, -0.1) is 0 Å². The van der Waals surface area contributed by atoms with E-state index in [1.165, 1.54) is 7.11 Å². The van der Waals surface area contributed by atoms with Gasteiger partial charge in [-0.1, -0.05) is 0 Å². The first-order chi connectivity index (χ1) is 6.69. The molecular weight excluding hydrogens is 202 g/mol. The molecule has 0 amide bonds. The lowest BCUT2D eigenvalue weighted by atomic mass is 9.97. The van der Waals surface area contributed by atoms with Crippen LogP contribution in [0.3, 0.4) is 0 Å². The minimum Gasteiger partial charge on any atom is -0.469 e. The van der Waals surface area contributed by atoms with Crippen molar-refractivity contribution in [2.45, 2.75) is 12.8 Å². The fourth-order valence-corrected chi connectivity index (χ4v) is 1.76. The van der Waals surface area contributed by atoms with Crippen LogP contribution in [0.1, 0.15) is 12.8 Å². The maximum absolute atomic E-state index is 11.2. The summed E-state index contributed by atoms with van der Waals surface area (Å²) in [5.41, 5.74) is 2.43. The monoisotopic (exact) mass is 217 g/mol. The number of methoxy groups -OCH3 is 1. The molecule has 0 radical (unpaired) electrons. The Morgan fingerprint density at radius 2 is 2.14 bits per heavy atom. The smallest absolute Gasteiger partial charge is 0.308 e. The molecule has 0 saturated carbocycles. The Kier molecular flexibility index (Phi) is 4.09. The van der Waals surface area contributed by atoms with Crippen LogP contribution in [-0.2, 0) is 9.53 Å². The highest BCUT2D eigenvalue weighted by molar-refractivity contribution is 7.80. The predicted molar refractivity (Wildman–Crippen MR) is 56.2 cm³/mol. The standard InChI is InChI=1S/C8H15N3O2S/c1-13-7(12)6-2-4-11(5-3-6)8(14)10-9/h6H,2-5,9H2,1H3,(H,10,14). The largest absolute Gasteiger partial charge is 0.469 e. The average Bonchev–Trinajstić information content (AvgIpc) is 2.27. The number of carbonyl (C=O) groups excluding carboxylic acids is 1. The van der Waals surface area contributed by atoms with Gasteiger partial charge in [0.2, 0.25) is 0 Å². The molecule has 1 aliphatic heterocycles. The van der Waals surface area contributed by atoms with Crippen molar-refractivity contribution in [3.8, 4) is 0 Å². The van der Waals surface area contributed by atoms with E-state index in [-0.39, 0.29) is 11.9 Å². The van der Waals surface area contributed by atoms with Crippen LogP contribution >= 0.6 is 12.2 Å². The van der Waals surface area contributed by atoms with Gasteiger partial charge in [0.15, 0.2) is 5.11 Å². The molecule has 0 atom stereocenters. The zero-order valence-electron chi connectivity index (χ0n) is 8.16. The SMILES string of the molecule is COC(=O)C1CCN(C(=S)NN)CC1. The molecule has 0 aromatic heterocycles. The van der Waals surface area contributed by atoms with E-state index >= 15 is 0 Å². The molecule has 0 bridgehead atoms. The lowest BCUT2D eigenvalue weighted by molar-refractivity contribution is -0.146. The van der Waals surface area contributed by atoms with Crippen LogP contribution in [0.2, 0.25) is 0 Å². The van der Waals surface area contributed by atoms with Crippen molar-refractivity contribution in [1.29, 1.82) is 0 Å². The van der Waals surface area contributed by atoms with Crippen LogP contribution in [0.5, 0.6) is 0 Å². The first-order valence-electron chi connectivity index (χ1n) is 4.52. The summed E-state index contributed by atoms with van der Waals surface area (Å²) in [6, 6.07) is 0. The molecule has 0 aliphatic carbocycles. The Hall–Kier alpha value is -0.880. The van der Waals surface area contributed by atoms with Gasteiger partial charge in [-0.2, -0.15) is 0 Å². The van der Waals surface area contributed by atoms with Crippen molar-refractivity contribution in [3.63, 3.8) is 0 Å². The van der Waals surface area contributed by atoms with Crippen molar-refractivity contribution >= 4 is 23.3 Å². The number of nitrogens with two attached hydrogens (primary N) is 1. The van der Waals surface area contributed by atoms with Crippen LogP contribution in [-0.4, -0.2) is 36.2 Å². The Morgan fingerprint density at radius 1 is 1.57 bits per heavy atom. The van der Waals surface area contributed by atoms with E-state index in [0.29, 0.717) is 5.11 Å². The number of hydrazine groups is 1. The van der Waals surface area contributed by atoms with Crippen LogP contribution in [0.25, 0.3) is 0 Å². The van der Waals surface area contributed by atoms with E-state index in [4.69, 9.17) is 18.1 Å². The highest BCUT2D eigenvalue weighted by atomic mass is 32.1. The summed E-state index contributed by atoms with van der Waals surface area (Å²) >= 11 is 4.98. The lowest BCUT2D eigenvalue weighted by Crippen LogP contribution is -2.47. The molecule has 6 heteroatoms. The number of hydrogen-bond acceptors (Lipinski definition) is 4. The fraction of sp³-hybridized carbons (Fsp3) is 0.750. The van der Waals surface area contributed by atoms with Gasteiger partial charge >= 0.3 is 5.97 Å². The number of rotatable bonds is 1. The Labute approximate surface area is 88.5 Å². The second kappa shape index (κ2) is 5.11. The van der Waals surface area contributed by atoms with Gasteiger partial charge in [-0.05, 0) is 25.1 Å². The topological polar surface area (TPSA) is 67.6 Å². The highest BCUT2D eigenvalue weighted by Crippen LogP contribution is 2.18. The van der Waals surface area contributed by atoms with Gasteiger partial charge in [-0.25, -0.2) is 5.84 Å². The van der Waals surface area contributed by atoms with Crippen molar-refractivity contribution in [2.75, 3.05) is 20.2 Å². The zero-order valence-corrected chi connectivity index (χ0v) is 8.97. The van der Waals surface area contributed by atoms with Crippen LogP contribution in [0, 0.1) is 5.92 Å². The van der Waals surface area contributed by atoms with E-state index in [9.17, 15) is 4.79 Å². The quantitative estimate of drug-likeness (QED) is 0.270. The molecule has 1 saturated heterocycles. The van der Waals surface area contributed by atoms with Gasteiger partial charge in [0.1, 0.15) is 0 Å². The highest BCUT2D eigenvalue weighted by Gasteiger charge is 2.26. The third kappa shape index (κ3) is 2.55. The molecule has 80 valence electrons. The summed E-state index contributed by atoms with van der Waals surface area (Å²) in [5, 5.41) is 0.535. The van der Waals surface area contributed by atoms with Gasteiger partial charge in [0, 0.05) is 13.1 Å². The summed E-state index contributed by atoms with van der Waals surface area (Å²) in [5.74, 6) is 5.08. The predicted octanol–water partition coefficient (Wildman–Crippen LogP) is -0.380. The minimum atomic E-state index is -0.128. The zero-order chi connectivity index (χ0) is 10.6. The van der Waals surface area contributed by atoms with Gasteiger partial charge in [0.05, 0.1) is 13.0 Å². The number of likely N-dealkylation sites (tertiary alicyclic amines) is 1. The summed E-state index contributed by atoms with van der Waals surface area (Å²) in [6.45, 7) is 1.51. The number of nitrogens with one attached hydrogen (secondary N) is 1. The molecular formula is C8H15N3O2S. The third-order valence-electron chi connectivity index (χ3n) is 2.44. The molecule has 1 rings (SSSR count). The van der Waals surface area contributed by atoms with E-state index in [1.807, 2.05) is 4.90 Å². The number of hydrogen-bond donors (Lipinski definition) is 2. The first-order valence-corrected chi connectivity index (χ1v) is 4.93. The van der Waals surface area contributed by atoms with Crippen LogP contribution < -0.4 is 11.3 Å². The van der Waals surface area contributed by atoms with E-state index in [0.717, 1.165) is 25.9 Å². The number of piperidine rings is 1. The first kappa shape index (κ1) is 11.2. The summed E-state index contributed by atoms with van der Waals surface area (Å²) < 4.78 is 4.68. The van der Waals surface area contributed by atoms with Crippen molar-refractivity contribution in [3.05, 3.63) is 0 Å². The van der Waals surface area contributed by atoms with Gasteiger partial charge in [0.25, 0.3) is 0 Å². The molecule has 1 fully saturated rings. The minimum absolute atomic E-state index is 0.0109. The van der Waals surface area contributed by atoms with E-state index in [2.05, 4.69) is 10.2 Å². The maximum Gasteiger partial charge on any atom is 0.308 e. The molecule has 1 heterocycles. The summed E-state index contributed by atoms with van der Waals surface area (Å²) in [7, 11) is 1.42. The second-order valence-corrected chi connectivity index (χ2v) is 3.62. The molecule has 0 unspecified atom stereocenters. The molecule has 0 aromatic rings. The van der Waals surface area contributed by atoms with Crippen LogP contribution in [0.4, 0.5) is 0 Å². The van der Waals surface area contributed by atoms with Crippen LogP contribution in [0.15, 0.2) is 0 Å². The summed E-state index contributed by atoms with van der Waals surface area (Å²) in [4.78, 5) is 13.2. The summed E-state index contributed by atoms with van der Waals surface area (Å²) in [6.07, 6.45) is 1.54. The lowest BCUT2D eigenvalue weighted by Gasteiger charge is -2.31. The molecule has 0 spiro atoms. The average molecular weight is 217 g/mol. The van der Waals surface area contributed by atoms with Crippen molar-refractivity contribution in [1.82, 2.24) is 10.3 Å². The van der Waals surface area contributed by atoms with Gasteiger partial charge in [-0.3, -0.25) is 4.79 Å². The van der Waals surface area contributed by atoms with Gasteiger partial charge < -0.3 is 15.1 Å². The van der Waals surface area contributed by atoms with Crippen molar-refractivity contribution in [2.24, 2.45) is 11.8 Å². The molecule has 1 aliphatic rings. The number of ether oxygens (including phenoxy) is 1. The Bertz CT molecular complexity index is 203. The normalized spacial score (nSPS) is 17.7. The molecule has 3 N–H and O–H groups in total. The van der Waals surface area contributed by atoms with E-state index in [1.54, 1.807) is 0 Å².